The molecule has 0 spiro atoms. The molecule has 0 atom stereocenters. The second-order valence-corrected chi connectivity index (χ2v) is 6.64. The fraction of sp³-hybridized carbons (Fsp3) is 0.667. The van der Waals surface area contributed by atoms with Gasteiger partial charge in [-0.05, 0) is 31.6 Å². The lowest BCUT2D eigenvalue weighted by Crippen LogP contribution is -2.33. The molecule has 0 bridgehead atoms. The Bertz CT molecular complexity index is 572. The first-order chi connectivity index (χ1) is 10.9. The van der Waals surface area contributed by atoms with Crippen LogP contribution in [0.1, 0.15) is 67.6 Å². The molecule has 5 nitrogen and oxygen atoms in total. The molecule has 1 aromatic rings. The molecule has 128 valence electrons. The Labute approximate surface area is 137 Å². The van der Waals surface area contributed by atoms with E-state index in [1.54, 1.807) is 6.92 Å². The topological polar surface area (TPSA) is 70.8 Å². The van der Waals surface area contributed by atoms with E-state index in [2.05, 4.69) is 13.8 Å². The van der Waals surface area contributed by atoms with Crippen LogP contribution < -0.4 is 0 Å². The van der Waals surface area contributed by atoms with Crippen molar-refractivity contribution < 1.29 is 19.1 Å². The summed E-state index contributed by atoms with van der Waals surface area (Å²) in [5.41, 5.74) is 1.49. The number of aliphatic carboxylic acids is 1. The van der Waals surface area contributed by atoms with E-state index in [0.717, 1.165) is 45.2 Å². The van der Waals surface area contributed by atoms with E-state index in [4.69, 9.17) is 9.52 Å². The lowest BCUT2D eigenvalue weighted by atomic mass is 9.76. The number of amides is 1. The Morgan fingerprint density at radius 2 is 1.96 bits per heavy atom. The van der Waals surface area contributed by atoms with Crippen molar-refractivity contribution in [3.8, 4) is 0 Å². The summed E-state index contributed by atoms with van der Waals surface area (Å²) >= 11 is 0. The lowest BCUT2D eigenvalue weighted by Gasteiger charge is -2.30. The molecule has 1 saturated heterocycles. The number of carboxylic acids is 1. The fourth-order valence-corrected chi connectivity index (χ4v) is 3.62. The standard InChI is InChI=1S/C18H27NO4/c1-4-18(5-2)7-6-9-19(10-8-18)17(22)16-13(3)12-23-14(16)11-15(20)21/h12H,4-11H2,1-3H3,(H,20,21). The van der Waals surface area contributed by atoms with E-state index in [1.807, 2.05) is 4.90 Å². The fourth-order valence-electron chi connectivity index (χ4n) is 3.62. The van der Waals surface area contributed by atoms with Crippen LogP contribution in [-0.2, 0) is 11.2 Å². The van der Waals surface area contributed by atoms with Crippen molar-refractivity contribution in [2.45, 2.75) is 59.3 Å². The number of aryl methyl sites for hydroxylation is 1. The highest BCUT2D eigenvalue weighted by atomic mass is 16.4. The smallest absolute Gasteiger partial charge is 0.311 e. The maximum Gasteiger partial charge on any atom is 0.311 e. The molecule has 23 heavy (non-hydrogen) atoms. The van der Waals surface area contributed by atoms with E-state index >= 15 is 0 Å². The minimum absolute atomic E-state index is 0.0875. The first-order valence-electron chi connectivity index (χ1n) is 8.50. The Morgan fingerprint density at radius 3 is 2.57 bits per heavy atom. The Balaban J connectivity index is 2.18. The monoisotopic (exact) mass is 321 g/mol. The average Bonchev–Trinajstić information content (AvgIpc) is 2.75. The van der Waals surface area contributed by atoms with Gasteiger partial charge in [0.1, 0.15) is 12.2 Å². The second kappa shape index (κ2) is 7.20. The molecule has 1 aliphatic heterocycles. The van der Waals surface area contributed by atoms with Gasteiger partial charge < -0.3 is 14.4 Å². The summed E-state index contributed by atoms with van der Waals surface area (Å²) in [5.74, 6) is -0.808. The SMILES string of the molecule is CCC1(CC)CCCN(C(=O)c2c(C)coc2CC(=O)O)CC1. The first kappa shape index (κ1) is 17.6. The number of likely N-dealkylation sites (tertiary alicyclic amines) is 1. The van der Waals surface area contributed by atoms with Gasteiger partial charge in [0.05, 0.1) is 11.8 Å². The van der Waals surface area contributed by atoms with E-state index in [9.17, 15) is 9.59 Å². The zero-order valence-electron chi connectivity index (χ0n) is 14.4. The number of rotatable bonds is 5. The maximum absolute atomic E-state index is 12.9. The van der Waals surface area contributed by atoms with E-state index < -0.39 is 5.97 Å². The molecule has 5 heteroatoms. The molecule has 1 N–H and O–H groups in total. The number of nitrogens with zero attached hydrogens (tertiary/aromatic N) is 1. The zero-order valence-corrected chi connectivity index (χ0v) is 14.4. The van der Waals surface area contributed by atoms with Gasteiger partial charge in [0.2, 0.25) is 0 Å². The van der Waals surface area contributed by atoms with Crippen LogP contribution in [0.3, 0.4) is 0 Å². The Hall–Kier alpha value is -1.78. The van der Waals surface area contributed by atoms with Crippen molar-refractivity contribution in [1.82, 2.24) is 4.90 Å². The highest BCUT2D eigenvalue weighted by Gasteiger charge is 2.32. The van der Waals surface area contributed by atoms with E-state index in [0.29, 0.717) is 16.5 Å². The molecule has 0 aromatic carbocycles. The molecule has 2 heterocycles. The molecular formula is C18H27NO4. The van der Waals surface area contributed by atoms with Crippen molar-refractivity contribution in [2.24, 2.45) is 5.41 Å². The summed E-state index contributed by atoms with van der Waals surface area (Å²) in [4.78, 5) is 25.7. The summed E-state index contributed by atoms with van der Waals surface area (Å²) in [6.45, 7) is 7.72. The number of hydrogen-bond donors (Lipinski definition) is 1. The maximum atomic E-state index is 12.9. The Morgan fingerprint density at radius 1 is 1.26 bits per heavy atom. The summed E-state index contributed by atoms with van der Waals surface area (Å²) in [6.07, 6.45) is 6.66. The van der Waals surface area contributed by atoms with Gasteiger partial charge in [-0.3, -0.25) is 9.59 Å². The Kier molecular flexibility index (Phi) is 5.50. The third kappa shape index (κ3) is 3.77. The van der Waals surface area contributed by atoms with Crippen LogP contribution in [0, 0.1) is 12.3 Å². The quantitative estimate of drug-likeness (QED) is 0.898. The third-order valence-electron chi connectivity index (χ3n) is 5.41. The minimum Gasteiger partial charge on any atom is -0.481 e. The predicted octanol–water partition coefficient (Wildman–Crippen LogP) is 3.65. The molecule has 1 aromatic heterocycles. The molecule has 0 aliphatic carbocycles. The molecule has 1 amide bonds. The van der Waals surface area contributed by atoms with Gasteiger partial charge in [0.15, 0.2) is 0 Å². The average molecular weight is 321 g/mol. The number of carbonyl (C=O) groups excluding carboxylic acids is 1. The van der Waals surface area contributed by atoms with E-state index in [1.165, 1.54) is 6.26 Å². The molecular weight excluding hydrogens is 294 g/mol. The zero-order chi connectivity index (χ0) is 17.0. The normalized spacial score (nSPS) is 17.8. The predicted molar refractivity (Wildman–Crippen MR) is 87.6 cm³/mol. The summed E-state index contributed by atoms with van der Waals surface area (Å²) in [6, 6.07) is 0. The first-order valence-corrected chi connectivity index (χ1v) is 8.50. The summed E-state index contributed by atoms with van der Waals surface area (Å²) in [5, 5.41) is 8.99. The molecule has 1 aliphatic rings. The van der Waals surface area contributed by atoms with Gasteiger partial charge in [-0.1, -0.05) is 26.7 Å². The van der Waals surface area contributed by atoms with Crippen molar-refractivity contribution >= 4 is 11.9 Å². The third-order valence-corrected chi connectivity index (χ3v) is 5.41. The van der Waals surface area contributed by atoms with Crippen LogP contribution in [0.5, 0.6) is 0 Å². The van der Waals surface area contributed by atoms with E-state index in [-0.39, 0.29) is 18.1 Å². The lowest BCUT2D eigenvalue weighted by molar-refractivity contribution is -0.136. The van der Waals surface area contributed by atoms with Gasteiger partial charge in [-0.15, -0.1) is 0 Å². The van der Waals surface area contributed by atoms with Crippen LogP contribution in [-0.4, -0.2) is 35.0 Å². The van der Waals surface area contributed by atoms with Crippen LogP contribution >= 0.6 is 0 Å². The number of carbonyl (C=O) groups is 2. The van der Waals surface area contributed by atoms with Crippen LogP contribution in [0.2, 0.25) is 0 Å². The highest BCUT2D eigenvalue weighted by molar-refractivity contribution is 5.97. The van der Waals surface area contributed by atoms with Crippen molar-refractivity contribution in [3.05, 3.63) is 23.2 Å². The largest absolute Gasteiger partial charge is 0.481 e. The molecule has 0 radical (unpaired) electrons. The van der Waals surface area contributed by atoms with Crippen molar-refractivity contribution in [1.29, 1.82) is 0 Å². The molecule has 0 saturated carbocycles. The van der Waals surface area contributed by atoms with Gasteiger partial charge >= 0.3 is 5.97 Å². The van der Waals surface area contributed by atoms with Gasteiger partial charge in [0.25, 0.3) is 5.91 Å². The van der Waals surface area contributed by atoms with Crippen LogP contribution in [0.15, 0.2) is 10.7 Å². The van der Waals surface area contributed by atoms with Gasteiger partial charge in [-0.2, -0.15) is 0 Å². The number of hydrogen-bond acceptors (Lipinski definition) is 3. The number of carboxylic acid groups (broad SMARTS) is 1. The van der Waals surface area contributed by atoms with Crippen molar-refractivity contribution in [3.63, 3.8) is 0 Å². The number of furan rings is 1. The molecule has 0 unspecified atom stereocenters. The van der Waals surface area contributed by atoms with Crippen LogP contribution in [0.4, 0.5) is 0 Å². The molecule has 2 rings (SSSR count). The van der Waals surface area contributed by atoms with Gasteiger partial charge in [-0.25, -0.2) is 0 Å². The summed E-state index contributed by atoms with van der Waals surface area (Å²) in [7, 11) is 0. The van der Waals surface area contributed by atoms with Crippen LogP contribution in [0.25, 0.3) is 0 Å². The highest BCUT2D eigenvalue weighted by Crippen LogP contribution is 2.38. The van der Waals surface area contributed by atoms with Gasteiger partial charge in [0, 0.05) is 18.7 Å². The summed E-state index contributed by atoms with van der Waals surface area (Å²) < 4.78 is 5.30. The van der Waals surface area contributed by atoms with Crippen molar-refractivity contribution in [2.75, 3.05) is 13.1 Å². The second-order valence-electron chi connectivity index (χ2n) is 6.64. The molecule has 1 fully saturated rings. The minimum atomic E-state index is -0.986.